The Kier molecular flexibility index (Phi) is 1.66. The van der Waals surface area contributed by atoms with Crippen molar-refractivity contribution in [1.82, 2.24) is 0 Å². The molecule has 2 N–H and O–H groups in total. The maximum atomic E-state index is 9.75. The molecule has 0 saturated heterocycles. The van der Waals surface area contributed by atoms with Crippen LogP contribution in [0, 0.1) is 0 Å². The minimum absolute atomic E-state index is 0.414. The van der Waals surface area contributed by atoms with E-state index in [-0.39, 0.29) is 0 Å². The largest absolute Gasteiger partial charge is 0.386 e. The van der Waals surface area contributed by atoms with E-state index >= 15 is 0 Å². The second kappa shape index (κ2) is 2.08. The Morgan fingerprint density at radius 1 is 1.00 bits per heavy atom. The van der Waals surface area contributed by atoms with Crippen LogP contribution in [-0.4, -0.2) is 21.4 Å². The van der Waals surface area contributed by atoms with E-state index in [0.717, 1.165) is 11.1 Å². The van der Waals surface area contributed by atoms with E-state index in [4.69, 9.17) is 0 Å². The molecular weight excluding hydrogens is 140 g/mol. The highest BCUT2D eigenvalue weighted by atomic mass is 16.3. The van der Waals surface area contributed by atoms with Gasteiger partial charge < -0.3 is 10.2 Å². The fourth-order valence-electron chi connectivity index (χ4n) is 1.74. The molecule has 0 saturated carbocycles. The van der Waals surface area contributed by atoms with Crippen molar-refractivity contribution in [3.05, 3.63) is 11.1 Å². The van der Waals surface area contributed by atoms with Crippen LogP contribution >= 0.6 is 0 Å². The van der Waals surface area contributed by atoms with Crippen molar-refractivity contribution in [2.24, 2.45) is 0 Å². The zero-order valence-corrected chi connectivity index (χ0v) is 7.60. The SMILES string of the molecule is CC1=C(C)[C@](C)(O)C[C@]1(C)O. The van der Waals surface area contributed by atoms with Crippen LogP contribution in [0.1, 0.15) is 34.1 Å². The maximum absolute atomic E-state index is 9.75. The normalized spacial score (nSPS) is 45.3. The highest BCUT2D eigenvalue weighted by Gasteiger charge is 2.43. The van der Waals surface area contributed by atoms with Crippen LogP contribution < -0.4 is 0 Å². The maximum Gasteiger partial charge on any atom is 0.0860 e. The summed E-state index contributed by atoms with van der Waals surface area (Å²) in [5, 5.41) is 19.5. The van der Waals surface area contributed by atoms with E-state index in [9.17, 15) is 10.2 Å². The van der Waals surface area contributed by atoms with E-state index in [1.54, 1.807) is 13.8 Å². The van der Waals surface area contributed by atoms with Crippen molar-refractivity contribution < 1.29 is 10.2 Å². The summed E-state index contributed by atoms with van der Waals surface area (Å²) in [6.07, 6.45) is 0.414. The molecule has 0 heterocycles. The third-order valence-electron chi connectivity index (χ3n) is 2.87. The first-order valence-corrected chi connectivity index (χ1v) is 3.90. The monoisotopic (exact) mass is 156 g/mol. The molecule has 0 aromatic heterocycles. The highest BCUT2D eigenvalue weighted by molar-refractivity contribution is 5.34. The van der Waals surface area contributed by atoms with Crippen molar-refractivity contribution in [3.63, 3.8) is 0 Å². The molecule has 64 valence electrons. The van der Waals surface area contributed by atoms with Gasteiger partial charge in [0.25, 0.3) is 0 Å². The van der Waals surface area contributed by atoms with Gasteiger partial charge in [0.2, 0.25) is 0 Å². The fraction of sp³-hybridized carbons (Fsp3) is 0.778. The van der Waals surface area contributed by atoms with Gasteiger partial charge in [0.05, 0.1) is 11.2 Å². The summed E-state index contributed by atoms with van der Waals surface area (Å²) in [6.45, 7) is 7.23. The molecule has 1 aliphatic rings. The van der Waals surface area contributed by atoms with Crippen LogP contribution in [0.4, 0.5) is 0 Å². The van der Waals surface area contributed by atoms with Gasteiger partial charge in [0.15, 0.2) is 0 Å². The average molecular weight is 156 g/mol. The Balaban J connectivity index is 3.09. The molecule has 11 heavy (non-hydrogen) atoms. The van der Waals surface area contributed by atoms with E-state index < -0.39 is 11.2 Å². The second-order valence-electron chi connectivity index (χ2n) is 3.97. The molecule has 2 heteroatoms. The van der Waals surface area contributed by atoms with Crippen molar-refractivity contribution in [2.45, 2.75) is 45.3 Å². The van der Waals surface area contributed by atoms with Crippen molar-refractivity contribution in [1.29, 1.82) is 0 Å². The Bertz CT molecular complexity index is 190. The summed E-state index contributed by atoms with van der Waals surface area (Å²) >= 11 is 0. The van der Waals surface area contributed by atoms with Crippen molar-refractivity contribution in [3.8, 4) is 0 Å². The lowest BCUT2D eigenvalue weighted by atomic mass is 9.95. The van der Waals surface area contributed by atoms with Crippen LogP contribution in [0.15, 0.2) is 11.1 Å². The standard InChI is InChI=1S/C9H16O2/c1-6-7(2)9(4,11)5-8(6,3)10/h10-11H,5H2,1-4H3/t8-,9+. The van der Waals surface area contributed by atoms with Gasteiger partial charge in [-0.2, -0.15) is 0 Å². The van der Waals surface area contributed by atoms with Gasteiger partial charge in [0, 0.05) is 6.42 Å². The van der Waals surface area contributed by atoms with Crippen LogP contribution in [0.25, 0.3) is 0 Å². The number of rotatable bonds is 0. The van der Waals surface area contributed by atoms with Gasteiger partial charge in [-0.15, -0.1) is 0 Å². The Hall–Kier alpha value is -0.340. The third-order valence-corrected chi connectivity index (χ3v) is 2.87. The minimum Gasteiger partial charge on any atom is -0.386 e. The summed E-state index contributed by atoms with van der Waals surface area (Å²) in [5.74, 6) is 0. The lowest BCUT2D eigenvalue weighted by Crippen LogP contribution is -2.29. The van der Waals surface area contributed by atoms with Gasteiger partial charge in [-0.25, -0.2) is 0 Å². The van der Waals surface area contributed by atoms with Gasteiger partial charge >= 0.3 is 0 Å². The molecule has 0 unspecified atom stereocenters. The molecular formula is C9H16O2. The Morgan fingerprint density at radius 2 is 1.27 bits per heavy atom. The molecule has 0 amide bonds. The predicted molar refractivity (Wildman–Crippen MR) is 44.2 cm³/mol. The minimum atomic E-state index is -0.812. The number of hydrogen-bond donors (Lipinski definition) is 2. The van der Waals surface area contributed by atoms with Crippen molar-refractivity contribution >= 4 is 0 Å². The molecule has 2 atom stereocenters. The molecule has 0 radical (unpaired) electrons. The second-order valence-corrected chi connectivity index (χ2v) is 3.97. The lowest BCUT2D eigenvalue weighted by molar-refractivity contribution is 0.0202. The first-order valence-electron chi connectivity index (χ1n) is 3.90. The van der Waals surface area contributed by atoms with Gasteiger partial charge in [-0.1, -0.05) is 0 Å². The lowest BCUT2D eigenvalue weighted by Gasteiger charge is -2.22. The summed E-state index contributed by atoms with van der Waals surface area (Å²) < 4.78 is 0. The van der Waals surface area contributed by atoms with Gasteiger partial charge in [-0.05, 0) is 38.8 Å². The van der Waals surface area contributed by atoms with Crippen molar-refractivity contribution in [2.75, 3.05) is 0 Å². The highest BCUT2D eigenvalue weighted by Crippen LogP contribution is 2.41. The zero-order chi connectivity index (χ0) is 8.86. The summed E-state index contributed by atoms with van der Waals surface area (Å²) in [6, 6.07) is 0. The van der Waals surface area contributed by atoms with Crippen LogP contribution in [0.3, 0.4) is 0 Å². The Morgan fingerprint density at radius 3 is 1.36 bits per heavy atom. The molecule has 0 aromatic carbocycles. The molecule has 0 spiro atoms. The first kappa shape index (κ1) is 8.75. The molecule has 0 aliphatic heterocycles. The Labute approximate surface area is 67.6 Å². The third kappa shape index (κ3) is 1.21. The van der Waals surface area contributed by atoms with E-state index in [1.807, 2.05) is 13.8 Å². The van der Waals surface area contributed by atoms with E-state index in [0.29, 0.717) is 6.42 Å². The average Bonchev–Trinajstić information content (AvgIpc) is 1.91. The molecule has 0 fully saturated rings. The fourth-order valence-corrected chi connectivity index (χ4v) is 1.74. The molecule has 1 aliphatic carbocycles. The molecule has 1 rings (SSSR count). The number of aliphatic hydroxyl groups is 2. The van der Waals surface area contributed by atoms with E-state index in [2.05, 4.69) is 0 Å². The predicted octanol–water partition coefficient (Wildman–Crippen LogP) is 1.23. The quantitative estimate of drug-likeness (QED) is 0.518. The molecule has 0 bridgehead atoms. The first-order chi connectivity index (χ1) is 4.77. The smallest absolute Gasteiger partial charge is 0.0860 e. The van der Waals surface area contributed by atoms with Crippen LogP contribution in [-0.2, 0) is 0 Å². The van der Waals surface area contributed by atoms with Crippen LogP contribution in [0.5, 0.6) is 0 Å². The summed E-state index contributed by atoms with van der Waals surface area (Å²) in [7, 11) is 0. The van der Waals surface area contributed by atoms with E-state index in [1.165, 1.54) is 0 Å². The zero-order valence-electron chi connectivity index (χ0n) is 7.60. The topological polar surface area (TPSA) is 40.5 Å². The summed E-state index contributed by atoms with van der Waals surface area (Å²) in [5.41, 5.74) is 0.186. The summed E-state index contributed by atoms with van der Waals surface area (Å²) in [4.78, 5) is 0. The van der Waals surface area contributed by atoms with Crippen LogP contribution in [0.2, 0.25) is 0 Å². The molecule has 2 nitrogen and oxygen atoms in total. The molecule has 0 aromatic rings. The number of hydrogen-bond acceptors (Lipinski definition) is 2. The van der Waals surface area contributed by atoms with Gasteiger partial charge in [0.1, 0.15) is 0 Å². The van der Waals surface area contributed by atoms with Gasteiger partial charge in [-0.3, -0.25) is 0 Å².